The van der Waals surface area contributed by atoms with Gasteiger partial charge in [0.2, 0.25) is 0 Å². The minimum absolute atomic E-state index is 0.216. The molecular formula is C21H25N5O2. The lowest BCUT2D eigenvalue weighted by molar-refractivity contribution is 0.410. The number of benzene rings is 2. The SMILES string of the molecule is CN=C(NCc1cc(OC)ccc1O)NCc1ccccc1Cn1cccn1. The molecule has 0 atom stereocenters. The summed E-state index contributed by atoms with van der Waals surface area (Å²) in [7, 11) is 3.32. The summed E-state index contributed by atoms with van der Waals surface area (Å²) in [6.45, 7) is 1.77. The molecule has 0 saturated heterocycles. The molecular weight excluding hydrogens is 354 g/mol. The Hall–Kier alpha value is -3.48. The third-order valence-corrected chi connectivity index (χ3v) is 4.41. The second-order valence-electron chi connectivity index (χ2n) is 6.25. The van der Waals surface area contributed by atoms with Crippen LogP contribution in [-0.2, 0) is 19.6 Å². The first-order valence-corrected chi connectivity index (χ1v) is 9.04. The van der Waals surface area contributed by atoms with Gasteiger partial charge in [-0.2, -0.15) is 5.10 Å². The molecule has 3 rings (SSSR count). The lowest BCUT2D eigenvalue weighted by atomic mass is 10.1. The number of phenolic OH excluding ortho intramolecular Hbond substituents is 1. The van der Waals surface area contributed by atoms with Crippen LogP contribution in [0.3, 0.4) is 0 Å². The van der Waals surface area contributed by atoms with Gasteiger partial charge in [-0.3, -0.25) is 9.67 Å². The summed E-state index contributed by atoms with van der Waals surface area (Å²) in [5.41, 5.74) is 3.10. The number of aromatic nitrogens is 2. The molecule has 0 aliphatic rings. The summed E-state index contributed by atoms with van der Waals surface area (Å²) in [5, 5.41) is 20.8. The van der Waals surface area contributed by atoms with Crippen molar-refractivity contribution in [3.8, 4) is 11.5 Å². The van der Waals surface area contributed by atoms with E-state index in [-0.39, 0.29) is 5.75 Å². The smallest absolute Gasteiger partial charge is 0.191 e. The van der Waals surface area contributed by atoms with E-state index in [9.17, 15) is 5.11 Å². The maximum atomic E-state index is 10.0. The summed E-state index contributed by atoms with van der Waals surface area (Å²) in [4.78, 5) is 4.26. The van der Waals surface area contributed by atoms with Crippen LogP contribution in [0.15, 0.2) is 65.9 Å². The summed E-state index contributed by atoms with van der Waals surface area (Å²) in [5.74, 6) is 1.56. The third-order valence-electron chi connectivity index (χ3n) is 4.41. The Morgan fingerprint density at radius 3 is 2.50 bits per heavy atom. The van der Waals surface area contributed by atoms with E-state index < -0.39 is 0 Å². The van der Waals surface area contributed by atoms with Crippen LogP contribution in [-0.4, -0.2) is 35.0 Å². The number of methoxy groups -OCH3 is 1. The van der Waals surface area contributed by atoms with Gasteiger partial charge < -0.3 is 20.5 Å². The van der Waals surface area contributed by atoms with Gasteiger partial charge in [0.05, 0.1) is 13.7 Å². The first kappa shape index (κ1) is 19.3. The predicted molar refractivity (Wildman–Crippen MR) is 109 cm³/mol. The largest absolute Gasteiger partial charge is 0.508 e. The number of nitrogens with one attached hydrogen (secondary N) is 2. The molecule has 0 saturated carbocycles. The number of phenols is 1. The van der Waals surface area contributed by atoms with Crippen LogP contribution in [0.1, 0.15) is 16.7 Å². The van der Waals surface area contributed by atoms with Gasteiger partial charge in [0.15, 0.2) is 5.96 Å². The van der Waals surface area contributed by atoms with E-state index in [1.54, 1.807) is 38.6 Å². The fourth-order valence-electron chi connectivity index (χ4n) is 2.86. The molecule has 0 aliphatic carbocycles. The van der Waals surface area contributed by atoms with Gasteiger partial charge in [-0.05, 0) is 35.4 Å². The fraction of sp³-hybridized carbons (Fsp3) is 0.238. The van der Waals surface area contributed by atoms with Crippen LogP contribution in [0.25, 0.3) is 0 Å². The Balaban J connectivity index is 1.60. The van der Waals surface area contributed by atoms with Crippen molar-refractivity contribution < 1.29 is 9.84 Å². The molecule has 1 aromatic heterocycles. The number of guanidine groups is 1. The summed E-state index contributed by atoms with van der Waals surface area (Å²) in [6.07, 6.45) is 3.73. The molecule has 0 radical (unpaired) electrons. The molecule has 146 valence electrons. The highest BCUT2D eigenvalue weighted by molar-refractivity contribution is 5.79. The number of ether oxygens (including phenoxy) is 1. The molecule has 2 aromatic carbocycles. The molecule has 3 N–H and O–H groups in total. The molecule has 7 nitrogen and oxygen atoms in total. The molecule has 1 heterocycles. The standard InChI is InChI=1S/C21H25N5O2/c1-22-21(24-14-18-12-19(28-2)8-9-20(18)27)23-13-16-6-3-4-7-17(16)15-26-11-5-10-25-26/h3-12,27H,13-15H2,1-2H3,(H2,22,23,24). The van der Waals surface area contributed by atoms with E-state index in [2.05, 4.69) is 32.9 Å². The molecule has 28 heavy (non-hydrogen) atoms. The van der Waals surface area contributed by atoms with Gasteiger partial charge in [-0.1, -0.05) is 24.3 Å². The first-order valence-electron chi connectivity index (χ1n) is 9.04. The van der Waals surface area contributed by atoms with Crippen molar-refractivity contribution in [2.24, 2.45) is 4.99 Å². The summed E-state index contributed by atoms with van der Waals surface area (Å²) < 4.78 is 7.11. The van der Waals surface area contributed by atoms with Gasteiger partial charge in [0.1, 0.15) is 11.5 Å². The highest BCUT2D eigenvalue weighted by Gasteiger charge is 2.07. The lowest BCUT2D eigenvalue weighted by Gasteiger charge is -2.15. The second-order valence-corrected chi connectivity index (χ2v) is 6.25. The average Bonchev–Trinajstić information content (AvgIpc) is 3.23. The Morgan fingerprint density at radius 1 is 1.07 bits per heavy atom. The van der Waals surface area contributed by atoms with Crippen molar-refractivity contribution in [2.45, 2.75) is 19.6 Å². The van der Waals surface area contributed by atoms with E-state index in [1.165, 1.54) is 11.1 Å². The zero-order valence-corrected chi connectivity index (χ0v) is 16.1. The zero-order valence-electron chi connectivity index (χ0n) is 16.1. The molecule has 0 unspecified atom stereocenters. The third kappa shape index (κ3) is 5.03. The molecule has 0 aliphatic heterocycles. The van der Waals surface area contributed by atoms with Crippen molar-refractivity contribution in [1.29, 1.82) is 0 Å². The van der Waals surface area contributed by atoms with E-state index >= 15 is 0 Å². The van der Waals surface area contributed by atoms with Gasteiger partial charge in [-0.25, -0.2) is 0 Å². The molecule has 7 heteroatoms. The van der Waals surface area contributed by atoms with Crippen LogP contribution in [0, 0.1) is 0 Å². The number of nitrogens with zero attached hydrogens (tertiary/aromatic N) is 3. The van der Waals surface area contributed by atoms with Crippen molar-refractivity contribution in [3.05, 3.63) is 77.6 Å². The first-order chi connectivity index (χ1) is 13.7. The fourth-order valence-corrected chi connectivity index (χ4v) is 2.86. The number of hydrogen-bond donors (Lipinski definition) is 3. The molecule has 0 amide bonds. The van der Waals surface area contributed by atoms with E-state index in [0.29, 0.717) is 31.3 Å². The van der Waals surface area contributed by atoms with Crippen LogP contribution in [0.5, 0.6) is 11.5 Å². The minimum atomic E-state index is 0.216. The second kappa shape index (κ2) is 9.45. The number of hydrogen-bond acceptors (Lipinski definition) is 4. The molecule has 0 fully saturated rings. The summed E-state index contributed by atoms with van der Waals surface area (Å²) in [6, 6.07) is 15.3. The average molecular weight is 379 g/mol. The highest BCUT2D eigenvalue weighted by atomic mass is 16.5. The maximum Gasteiger partial charge on any atom is 0.191 e. The number of rotatable bonds is 7. The number of aliphatic imine (C=N–C) groups is 1. The number of aromatic hydroxyl groups is 1. The van der Waals surface area contributed by atoms with Gasteiger partial charge >= 0.3 is 0 Å². The summed E-state index contributed by atoms with van der Waals surface area (Å²) >= 11 is 0. The van der Waals surface area contributed by atoms with Crippen molar-refractivity contribution in [3.63, 3.8) is 0 Å². The van der Waals surface area contributed by atoms with E-state index in [4.69, 9.17) is 4.74 Å². The Morgan fingerprint density at radius 2 is 1.82 bits per heavy atom. The lowest BCUT2D eigenvalue weighted by Crippen LogP contribution is -2.36. The van der Waals surface area contributed by atoms with Gasteiger partial charge in [0.25, 0.3) is 0 Å². The van der Waals surface area contributed by atoms with Crippen molar-refractivity contribution in [2.75, 3.05) is 14.2 Å². The van der Waals surface area contributed by atoms with Crippen LogP contribution in [0.2, 0.25) is 0 Å². The van der Waals surface area contributed by atoms with Gasteiger partial charge in [-0.15, -0.1) is 0 Å². The molecule has 3 aromatic rings. The Kier molecular flexibility index (Phi) is 6.51. The minimum Gasteiger partial charge on any atom is -0.508 e. The highest BCUT2D eigenvalue weighted by Crippen LogP contribution is 2.22. The molecule has 0 spiro atoms. The van der Waals surface area contributed by atoms with Crippen molar-refractivity contribution >= 4 is 5.96 Å². The zero-order chi connectivity index (χ0) is 19.8. The Bertz CT molecular complexity index is 922. The van der Waals surface area contributed by atoms with Crippen LogP contribution < -0.4 is 15.4 Å². The predicted octanol–water partition coefficient (Wildman–Crippen LogP) is 2.51. The monoisotopic (exact) mass is 379 g/mol. The topological polar surface area (TPSA) is 83.7 Å². The van der Waals surface area contributed by atoms with E-state index in [0.717, 1.165) is 5.56 Å². The van der Waals surface area contributed by atoms with Gasteiger partial charge in [0, 0.05) is 38.1 Å². The quantitative estimate of drug-likeness (QED) is 0.434. The Labute approximate surface area is 164 Å². The van der Waals surface area contributed by atoms with Crippen LogP contribution >= 0.6 is 0 Å². The normalized spacial score (nSPS) is 11.3. The van der Waals surface area contributed by atoms with Crippen molar-refractivity contribution in [1.82, 2.24) is 20.4 Å². The maximum absolute atomic E-state index is 10.0. The molecule has 0 bridgehead atoms. The van der Waals surface area contributed by atoms with E-state index in [1.807, 2.05) is 29.1 Å². The van der Waals surface area contributed by atoms with Crippen LogP contribution in [0.4, 0.5) is 0 Å².